The molecule has 0 amide bonds. The average molecular weight is 219 g/mol. The van der Waals surface area contributed by atoms with Crippen LogP contribution in [0.3, 0.4) is 0 Å². The van der Waals surface area contributed by atoms with Crippen molar-refractivity contribution >= 4 is 5.69 Å². The van der Waals surface area contributed by atoms with E-state index in [2.05, 4.69) is 31.0 Å². The van der Waals surface area contributed by atoms with Crippen LogP contribution in [-0.4, -0.2) is 18.2 Å². The maximum Gasteiger partial charge on any atom is 0.0761 e. The summed E-state index contributed by atoms with van der Waals surface area (Å²) in [4.78, 5) is 2.34. The zero-order valence-corrected chi connectivity index (χ0v) is 10.4. The highest BCUT2D eigenvalue weighted by molar-refractivity contribution is 5.48. The van der Waals surface area contributed by atoms with Crippen molar-refractivity contribution in [3.8, 4) is 0 Å². The third kappa shape index (κ3) is 2.38. The summed E-state index contributed by atoms with van der Waals surface area (Å²) in [6, 6.07) is 8.84. The van der Waals surface area contributed by atoms with Gasteiger partial charge in [-0.3, -0.25) is 0 Å². The third-order valence-electron chi connectivity index (χ3n) is 3.70. The summed E-state index contributed by atoms with van der Waals surface area (Å²) in [5, 5.41) is 9.45. The van der Waals surface area contributed by atoms with Crippen LogP contribution < -0.4 is 4.90 Å². The first-order valence-electron chi connectivity index (χ1n) is 6.10. The highest BCUT2D eigenvalue weighted by Crippen LogP contribution is 2.36. The van der Waals surface area contributed by atoms with Crippen LogP contribution in [0, 0.1) is 5.92 Å². The van der Waals surface area contributed by atoms with Gasteiger partial charge in [-0.05, 0) is 50.3 Å². The van der Waals surface area contributed by atoms with Gasteiger partial charge in [-0.15, -0.1) is 0 Å². The Bertz CT molecular complexity index is 340. The fourth-order valence-corrected chi connectivity index (χ4v) is 2.12. The fourth-order valence-electron chi connectivity index (χ4n) is 2.12. The van der Waals surface area contributed by atoms with Gasteiger partial charge in [-0.2, -0.15) is 0 Å². The summed E-state index contributed by atoms with van der Waals surface area (Å²) in [5.41, 5.74) is 2.22. The Morgan fingerprint density at radius 1 is 1.19 bits per heavy atom. The summed E-state index contributed by atoms with van der Waals surface area (Å²) in [6.07, 6.45) is 2.37. The van der Waals surface area contributed by atoms with Gasteiger partial charge in [0.15, 0.2) is 0 Å². The number of hydrogen-bond acceptors (Lipinski definition) is 2. The largest absolute Gasteiger partial charge is 0.389 e. The lowest BCUT2D eigenvalue weighted by Crippen LogP contribution is -2.30. The van der Waals surface area contributed by atoms with E-state index < -0.39 is 0 Å². The number of aliphatic hydroxyl groups excluding tert-OH is 1. The Morgan fingerprint density at radius 2 is 1.75 bits per heavy atom. The van der Waals surface area contributed by atoms with Crippen molar-refractivity contribution in [3.05, 3.63) is 29.8 Å². The van der Waals surface area contributed by atoms with E-state index in [9.17, 15) is 5.11 Å². The van der Waals surface area contributed by atoms with Crippen molar-refractivity contribution in [1.82, 2.24) is 0 Å². The van der Waals surface area contributed by atoms with Crippen molar-refractivity contribution in [2.75, 3.05) is 11.9 Å². The highest BCUT2D eigenvalue weighted by Gasteiger charge is 2.30. The molecule has 0 radical (unpaired) electrons. The Hall–Kier alpha value is -1.02. The minimum absolute atomic E-state index is 0.375. The predicted octanol–water partition coefficient (Wildman–Crippen LogP) is 2.97. The van der Waals surface area contributed by atoms with Gasteiger partial charge in [-0.25, -0.2) is 0 Å². The molecule has 2 heteroatoms. The number of benzene rings is 1. The van der Waals surface area contributed by atoms with Gasteiger partial charge in [0.1, 0.15) is 0 Å². The lowest BCUT2D eigenvalue weighted by atomic mass is 10.1. The SMILES string of the molecule is CC(O)c1ccc(N(C)C(C)C2CC2)cc1. The minimum Gasteiger partial charge on any atom is -0.389 e. The Labute approximate surface area is 97.9 Å². The van der Waals surface area contributed by atoms with Crippen molar-refractivity contribution in [2.24, 2.45) is 5.92 Å². The van der Waals surface area contributed by atoms with E-state index in [0.717, 1.165) is 11.5 Å². The monoisotopic (exact) mass is 219 g/mol. The zero-order valence-electron chi connectivity index (χ0n) is 10.4. The lowest BCUT2D eigenvalue weighted by molar-refractivity contribution is 0.199. The van der Waals surface area contributed by atoms with Crippen LogP contribution in [0.1, 0.15) is 38.4 Å². The number of hydrogen-bond donors (Lipinski definition) is 1. The number of nitrogens with zero attached hydrogens (tertiary/aromatic N) is 1. The molecule has 16 heavy (non-hydrogen) atoms. The molecule has 0 saturated heterocycles. The number of anilines is 1. The van der Waals surface area contributed by atoms with E-state index in [1.165, 1.54) is 18.5 Å². The second-order valence-corrected chi connectivity index (χ2v) is 4.96. The van der Waals surface area contributed by atoms with E-state index in [4.69, 9.17) is 0 Å². The molecule has 2 rings (SSSR count). The fraction of sp³-hybridized carbons (Fsp3) is 0.571. The molecule has 0 aliphatic heterocycles. The van der Waals surface area contributed by atoms with Crippen LogP contribution in [0.2, 0.25) is 0 Å². The Morgan fingerprint density at radius 3 is 2.19 bits per heavy atom. The first-order valence-corrected chi connectivity index (χ1v) is 6.10. The summed E-state index contributed by atoms with van der Waals surface area (Å²) in [6.45, 7) is 4.09. The third-order valence-corrected chi connectivity index (χ3v) is 3.70. The molecule has 88 valence electrons. The molecule has 0 heterocycles. The number of aliphatic hydroxyl groups is 1. The Kier molecular flexibility index (Phi) is 3.20. The van der Waals surface area contributed by atoms with E-state index in [1.807, 2.05) is 12.1 Å². The molecule has 0 spiro atoms. The quantitative estimate of drug-likeness (QED) is 0.841. The van der Waals surface area contributed by atoms with E-state index in [0.29, 0.717) is 6.04 Å². The van der Waals surface area contributed by atoms with Gasteiger partial charge in [0.05, 0.1) is 6.10 Å². The van der Waals surface area contributed by atoms with Gasteiger partial charge in [-0.1, -0.05) is 12.1 Å². The van der Waals surface area contributed by atoms with Crippen LogP contribution in [0.15, 0.2) is 24.3 Å². The van der Waals surface area contributed by atoms with Gasteiger partial charge < -0.3 is 10.0 Å². The van der Waals surface area contributed by atoms with Crippen molar-refractivity contribution < 1.29 is 5.11 Å². The molecular weight excluding hydrogens is 198 g/mol. The summed E-state index contributed by atoms with van der Waals surface area (Å²) >= 11 is 0. The molecule has 1 aliphatic carbocycles. The smallest absolute Gasteiger partial charge is 0.0761 e. The molecule has 1 aromatic carbocycles. The standard InChI is InChI=1S/C14H21NO/c1-10(12-4-5-12)15(3)14-8-6-13(7-9-14)11(2)16/h6-12,16H,4-5H2,1-3H3. The van der Waals surface area contributed by atoms with Gasteiger partial charge in [0.25, 0.3) is 0 Å². The normalized spacial score (nSPS) is 19.2. The molecule has 2 unspecified atom stereocenters. The maximum atomic E-state index is 9.45. The maximum absolute atomic E-state index is 9.45. The van der Waals surface area contributed by atoms with E-state index in [1.54, 1.807) is 6.92 Å². The molecule has 1 aromatic rings. The van der Waals surface area contributed by atoms with E-state index in [-0.39, 0.29) is 6.10 Å². The van der Waals surface area contributed by atoms with Crippen LogP contribution in [-0.2, 0) is 0 Å². The molecule has 1 fully saturated rings. The first kappa shape index (κ1) is 11.5. The molecule has 0 bridgehead atoms. The topological polar surface area (TPSA) is 23.5 Å². The second-order valence-electron chi connectivity index (χ2n) is 4.96. The van der Waals surface area contributed by atoms with Gasteiger partial charge in [0, 0.05) is 18.8 Å². The zero-order chi connectivity index (χ0) is 11.7. The molecule has 2 atom stereocenters. The first-order chi connectivity index (χ1) is 7.59. The van der Waals surface area contributed by atoms with Gasteiger partial charge >= 0.3 is 0 Å². The summed E-state index contributed by atoms with van der Waals surface area (Å²) < 4.78 is 0. The summed E-state index contributed by atoms with van der Waals surface area (Å²) in [7, 11) is 2.15. The molecule has 0 aromatic heterocycles. The second kappa shape index (κ2) is 4.46. The molecule has 1 aliphatic rings. The average Bonchev–Trinajstić information content (AvgIpc) is 3.11. The lowest BCUT2D eigenvalue weighted by Gasteiger charge is -2.27. The van der Waals surface area contributed by atoms with Crippen LogP contribution in [0.4, 0.5) is 5.69 Å². The molecular formula is C14H21NO. The van der Waals surface area contributed by atoms with Crippen LogP contribution >= 0.6 is 0 Å². The number of rotatable bonds is 4. The molecule has 2 nitrogen and oxygen atoms in total. The van der Waals surface area contributed by atoms with Crippen molar-refractivity contribution in [1.29, 1.82) is 0 Å². The molecule has 1 saturated carbocycles. The van der Waals surface area contributed by atoms with Crippen LogP contribution in [0.5, 0.6) is 0 Å². The minimum atomic E-state index is -0.375. The molecule has 1 N–H and O–H groups in total. The highest BCUT2D eigenvalue weighted by atomic mass is 16.3. The van der Waals surface area contributed by atoms with Gasteiger partial charge in [0.2, 0.25) is 0 Å². The van der Waals surface area contributed by atoms with Crippen molar-refractivity contribution in [3.63, 3.8) is 0 Å². The van der Waals surface area contributed by atoms with E-state index >= 15 is 0 Å². The Balaban J connectivity index is 2.08. The van der Waals surface area contributed by atoms with Crippen LogP contribution in [0.25, 0.3) is 0 Å². The predicted molar refractivity (Wildman–Crippen MR) is 67.7 cm³/mol. The van der Waals surface area contributed by atoms with Crippen molar-refractivity contribution in [2.45, 2.75) is 38.8 Å². The summed E-state index contributed by atoms with van der Waals surface area (Å²) in [5.74, 6) is 0.876.